The fourth-order valence-corrected chi connectivity index (χ4v) is 2.54. The summed E-state index contributed by atoms with van der Waals surface area (Å²) in [5.74, 6) is 0.547. The van der Waals surface area contributed by atoms with Crippen molar-refractivity contribution in [1.29, 1.82) is 0 Å². The molecule has 2 unspecified atom stereocenters. The Labute approximate surface area is 117 Å². The molecule has 1 nitrogen and oxygen atoms in total. The van der Waals surface area contributed by atoms with E-state index in [4.69, 9.17) is 4.74 Å². The third-order valence-electron chi connectivity index (χ3n) is 4.06. The SMILES string of the molecule is C1CCC1.COC(c1ccccc1)C1C=CCCC1. The molecule has 0 aromatic heterocycles. The molecule has 0 amide bonds. The molecule has 0 heterocycles. The molecule has 0 aliphatic heterocycles. The highest BCUT2D eigenvalue weighted by Gasteiger charge is 2.21. The van der Waals surface area contributed by atoms with Crippen LogP contribution in [0, 0.1) is 5.92 Å². The molecule has 1 heteroatoms. The summed E-state index contributed by atoms with van der Waals surface area (Å²) < 4.78 is 5.62. The molecular weight excluding hydrogens is 232 g/mol. The fourth-order valence-electron chi connectivity index (χ4n) is 2.54. The van der Waals surface area contributed by atoms with E-state index < -0.39 is 0 Å². The number of hydrogen-bond donors (Lipinski definition) is 0. The third-order valence-corrected chi connectivity index (χ3v) is 4.06. The maximum Gasteiger partial charge on any atom is 0.0883 e. The number of methoxy groups -OCH3 is 1. The van der Waals surface area contributed by atoms with Crippen molar-refractivity contribution in [2.45, 2.75) is 51.0 Å². The summed E-state index contributed by atoms with van der Waals surface area (Å²) >= 11 is 0. The molecular formula is C18H26O. The predicted molar refractivity (Wildman–Crippen MR) is 81.1 cm³/mol. The van der Waals surface area contributed by atoms with Crippen LogP contribution in [0.3, 0.4) is 0 Å². The Bertz CT molecular complexity index is 361. The average Bonchev–Trinajstić information content (AvgIpc) is 2.40. The number of benzene rings is 1. The zero-order valence-electron chi connectivity index (χ0n) is 12.1. The lowest BCUT2D eigenvalue weighted by atomic mass is 9.87. The monoisotopic (exact) mass is 258 g/mol. The van der Waals surface area contributed by atoms with E-state index in [1.807, 2.05) is 6.07 Å². The van der Waals surface area contributed by atoms with Gasteiger partial charge in [-0.05, 0) is 24.8 Å². The first kappa shape index (κ1) is 14.3. The van der Waals surface area contributed by atoms with Crippen molar-refractivity contribution < 1.29 is 4.74 Å². The Balaban J connectivity index is 0.000000284. The molecule has 2 aliphatic rings. The summed E-state index contributed by atoms with van der Waals surface area (Å²) in [6.07, 6.45) is 14.6. The minimum atomic E-state index is 0.225. The maximum absolute atomic E-state index is 5.62. The van der Waals surface area contributed by atoms with Crippen LogP contribution < -0.4 is 0 Å². The van der Waals surface area contributed by atoms with Crippen LogP contribution in [-0.4, -0.2) is 7.11 Å². The van der Waals surface area contributed by atoms with Crippen LogP contribution in [0.1, 0.15) is 56.6 Å². The van der Waals surface area contributed by atoms with Crippen LogP contribution in [-0.2, 0) is 4.74 Å². The van der Waals surface area contributed by atoms with Gasteiger partial charge in [-0.2, -0.15) is 0 Å². The minimum Gasteiger partial charge on any atom is -0.376 e. The molecule has 0 bridgehead atoms. The first-order valence-electron chi connectivity index (χ1n) is 7.66. The summed E-state index contributed by atoms with van der Waals surface area (Å²) in [6.45, 7) is 0. The van der Waals surface area contributed by atoms with Gasteiger partial charge in [0.1, 0.15) is 0 Å². The molecule has 0 N–H and O–H groups in total. The first-order valence-corrected chi connectivity index (χ1v) is 7.66. The van der Waals surface area contributed by atoms with E-state index in [1.165, 1.54) is 50.5 Å². The van der Waals surface area contributed by atoms with Gasteiger partial charge in [-0.3, -0.25) is 0 Å². The highest BCUT2D eigenvalue weighted by Crippen LogP contribution is 2.32. The lowest BCUT2D eigenvalue weighted by molar-refractivity contribution is 0.0630. The van der Waals surface area contributed by atoms with E-state index in [1.54, 1.807) is 7.11 Å². The zero-order chi connectivity index (χ0) is 13.3. The van der Waals surface area contributed by atoms with Gasteiger partial charge in [-0.1, -0.05) is 68.2 Å². The van der Waals surface area contributed by atoms with Crippen molar-refractivity contribution >= 4 is 0 Å². The van der Waals surface area contributed by atoms with Gasteiger partial charge in [-0.25, -0.2) is 0 Å². The largest absolute Gasteiger partial charge is 0.376 e. The number of hydrogen-bond acceptors (Lipinski definition) is 1. The maximum atomic E-state index is 5.62. The Hall–Kier alpha value is -1.08. The zero-order valence-corrected chi connectivity index (χ0v) is 12.1. The molecule has 0 saturated heterocycles. The van der Waals surface area contributed by atoms with Crippen molar-refractivity contribution in [3.63, 3.8) is 0 Å². The molecule has 2 aliphatic carbocycles. The number of ether oxygens (including phenoxy) is 1. The Morgan fingerprint density at radius 3 is 2.16 bits per heavy atom. The predicted octanol–water partition coefficient (Wildman–Crippen LogP) is 5.29. The lowest BCUT2D eigenvalue weighted by Gasteiger charge is -2.25. The van der Waals surface area contributed by atoms with Crippen LogP contribution in [0.5, 0.6) is 0 Å². The summed E-state index contributed by atoms with van der Waals surface area (Å²) in [5, 5.41) is 0. The lowest BCUT2D eigenvalue weighted by Crippen LogP contribution is -2.14. The quantitative estimate of drug-likeness (QED) is 0.669. The van der Waals surface area contributed by atoms with Gasteiger partial charge in [0.15, 0.2) is 0 Å². The highest BCUT2D eigenvalue weighted by atomic mass is 16.5. The number of rotatable bonds is 3. The molecule has 1 aromatic rings. The summed E-state index contributed by atoms with van der Waals surface area (Å²) in [4.78, 5) is 0. The Morgan fingerprint density at radius 2 is 1.68 bits per heavy atom. The summed E-state index contributed by atoms with van der Waals surface area (Å²) in [6, 6.07) is 10.5. The van der Waals surface area contributed by atoms with Gasteiger partial charge in [0.05, 0.1) is 6.10 Å². The van der Waals surface area contributed by atoms with E-state index in [2.05, 4.69) is 36.4 Å². The van der Waals surface area contributed by atoms with Gasteiger partial charge in [0, 0.05) is 13.0 Å². The van der Waals surface area contributed by atoms with Crippen LogP contribution in [0.15, 0.2) is 42.5 Å². The van der Waals surface area contributed by atoms with Gasteiger partial charge < -0.3 is 4.74 Å². The molecule has 2 atom stereocenters. The van der Waals surface area contributed by atoms with Gasteiger partial charge in [-0.15, -0.1) is 0 Å². The molecule has 1 aromatic carbocycles. The number of allylic oxidation sites excluding steroid dienone is 1. The van der Waals surface area contributed by atoms with E-state index >= 15 is 0 Å². The summed E-state index contributed by atoms with van der Waals surface area (Å²) in [7, 11) is 1.81. The Morgan fingerprint density at radius 1 is 1.00 bits per heavy atom. The summed E-state index contributed by atoms with van der Waals surface area (Å²) in [5.41, 5.74) is 1.29. The van der Waals surface area contributed by atoms with Crippen molar-refractivity contribution in [1.82, 2.24) is 0 Å². The van der Waals surface area contributed by atoms with Crippen LogP contribution in [0.25, 0.3) is 0 Å². The second-order valence-corrected chi connectivity index (χ2v) is 5.50. The van der Waals surface area contributed by atoms with E-state index in [-0.39, 0.29) is 6.10 Å². The van der Waals surface area contributed by atoms with Crippen molar-refractivity contribution in [2.75, 3.05) is 7.11 Å². The normalized spacial score (nSPS) is 22.9. The molecule has 1 fully saturated rings. The molecule has 0 radical (unpaired) electrons. The van der Waals surface area contributed by atoms with Crippen molar-refractivity contribution in [2.24, 2.45) is 5.92 Å². The second-order valence-electron chi connectivity index (χ2n) is 5.50. The molecule has 1 saturated carbocycles. The van der Waals surface area contributed by atoms with Gasteiger partial charge in [0.25, 0.3) is 0 Å². The van der Waals surface area contributed by atoms with Crippen LogP contribution in [0.2, 0.25) is 0 Å². The van der Waals surface area contributed by atoms with E-state index in [0.29, 0.717) is 5.92 Å². The molecule has 3 rings (SSSR count). The second kappa shape index (κ2) is 8.16. The molecule has 104 valence electrons. The van der Waals surface area contributed by atoms with Crippen molar-refractivity contribution in [3.05, 3.63) is 48.0 Å². The topological polar surface area (TPSA) is 9.23 Å². The van der Waals surface area contributed by atoms with Crippen molar-refractivity contribution in [3.8, 4) is 0 Å². The third kappa shape index (κ3) is 4.50. The van der Waals surface area contributed by atoms with Crippen LogP contribution >= 0.6 is 0 Å². The highest BCUT2D eigenvalue weighted by molar-refractivity contribution is 5.20. The van der Waals surface area contributed by atoms with Crippen LogP contribution in [0.4, 0.5) is 0 Å². The van der Waals surface area contributed by atoms with E-state index in [9.17, 15) is 0 Å². The van der Waals surface area contributed by atoms with E-state index in [0.717, 1.165) is 0 Å². The minimum absolute atomic E-state index is 0.225. The molecule has 0 spiro atoms. The smallest absolute Gasteiger partial charge is 0.0883 e. The molecule has 19 heavy (non-hydrogen) atoms. The van der Waals surface area contributed by atoms with Gasteiger partial charge in [0.2, 0.25) is 0 Å². The fraction of sp³-hybridized carbons (Fsp3) is 0.556. The first-order chi connectivity index (χ1) is 9.42. The Kier molecular flexibility index (Phi) is 6.16. The van der Waals surface area contributed by atoms with Gasteiger partial charge >= 0.3 is 0 Å². The standard InChI is InChI=1S/C14H18O.C4H8/c1-15-14(12-8-4-2-5-9-12)13-10-6-3-7-11-13;1-2-4-3-1/h2,4-6,8-10,13-14H,3,7,11H2,1H3;1-4H2. The average molecular weight is 258 g/mol.